The van der Waals surface area contributed by atoms with E-state index in [9.17, 15) is 0 Å². The fourth-order valence-corrected chi connectivity index (χ4v) is 16.8. The highest BCUT2D eigenvalue weighted by Gasteiger charge is 2.55. The molecule has 5 heteroatoms. The van der Waals surface area contributed by atoms with Crippen LogP contribution in [0, 0.1) is 6.92 Å². The van der Waals surface area contributed by atoms with E-state index in [1.54, 1.807) is 0 Å². The molecule has 0 amide bonds. The molecule has 3 aliphatic heterocycles. The molecule has 4 heterocycles. The third-order valence-electron chi connectivity index (χ3n) is 14.3. The molecule has 0 N–H and O–H groups in total. The van der Waals surface area contributed by atoms with Crippen molar-refractivity contribution in [1.29, 1.82) is 0 Å². The molecule has 0 bridgehead atoms. The minimum atomic E-state index is -2.86. The Balaban J connectivity index is 1.20. The molecular weight excluding hydrogens is 792 g/mol. The van der Waals surface area contributed by atoms with E-state index in [4.69, 9.17) is 4.42 Å². The lowest BCUT2D eigenvalue weighted by molar-refractivity contribution is 0.590. The Labute approximate surface area is 376 Å². The van der Waals surface area contributed by atoms with Gasteiger partial charge >= 0.3 is 6.85 Å². The van der Waals surface area contributed by atoms with Gasteiger partial charge in [-0.25, -0.2) is 0 Å². The Morgan fingerprint density at radius 2 is 1.17 bits per heavy atom. The van der Waals surface area contributed by atoms with Crippen LogP contribution < -0.4 is 41.4 Å². The van der Waals surface area contributed by atoms with Crippen molar-refractivity contribution in [2.75, 3.05) is 9.71 Å². The van der Waals surface area contributed by atoms with Crippen molar-refractivity contribution in [2.24, 2.45) is 0 Å². The Morgan fingerprint density at radius 3 is 1.92 bits per heavy atom. The maximum atomic E-state index is 6.79. The van der Waals surface area contributed by atoms with Crippen molar-refractivity contribution in [3.63, 3.8) is 0 Å². The maximum Gasteiger partial charge on any atom is 0.333 e. The second-order valence-corrected chi connectivity index (χ2v) is 22.6. The quantitative estimate of drug-likeness (QED) is 0.165. The molecule has 304 valence electrons. The summed E-state index contributed by atoms with van der Waals surface area (Å²) in [6.45, 7) is 9.08. The van der Waals surface area contributed by atoms with E-state index in [-0.39, 0.29) is 12.3 Å². The molecule has 0 aliphatic carbocycles. The molecule has 1 aromatic heterocycles. The summed E-state index contributed by atoms with van der Waals surface area (Å²) in [5, 5.41) is 7.90. The van der Waals surface area contributed by atoms with Gasteiger partial charge in [-0.1, -0.05) is 185 Å². The van der Waals surface area contributed by atoms with Gasteiger partial charge in [0.05, 0.1) is 16.8 Å². The number of anilines is 5. The number of hydrogen-bond donors (Lipinski definition) is 0. The first kappa shape index (κ1) is 37.2. The summed E-state index contributed by atoms with van der Waals surface area (Å²) in [6, 6.07) is 75.5. The van der Waals surface area contributed by atoms with Crippen LogP contribution in [0.1, 0.15) is 31.9 Å². The molecule has 9 aromatic carbocycles. The summed E-state index contributed by atoms with van der Waals surface area (Å²) in [5.74, 6) is 0. The van der Waals surface area contributed by atoms with E-state index in [1.807, 2.05) is 0 Å². The third kappa shape index (κ3) is 5.04. The number of rotatable bonds is 4. The summed E-state index contributed by atoms with van der Waals surface area (Å²) in [4.78, 5) is 5.35. The fraction of sp³-hybridized carbons (Fsp3) is 0.0847. The topological polar surface area (TPSA) is 19.6 Å². The molecule has 10 aromatic rings. The number of aryl methyl sites for hydroxylation is 1. The number of hydrogen-bond acceptors (Lipinski definition) is 3. The molecule has 0 saturated heterocycles. The van der Waals surface area contributed by atoms with Gasteiger partial charge in [-0.05, 0) is 103 Å². The molecule has 0 spiro atoms. The first-order valence-corrected chi connectivity index (χ1v) is 24.5. The lowest BCUT2D eigenvalue weighted by Crippen LogP contribution is -2.79. The van der Waals surface area contributed by atoms with Gasteiger partial charge in [-0.15, -0.1) is 0 Å². The van der Waals surface area contributed by atoms with E-state index < -0.39 is 8.07 Å². The van der Waals surface area contributed by atoms with Gasteiger partial charge in [0.2, 0.25) is 0 Å². The molecule has 0 saturated carbocycles. The summed E-state index contributed by atoms with van der Waals surface area (Å²) < 4.78 is 6.79. The average Bonchev–Trinajstić information content (AvgIpc) is 3.72. The van der Waals surface area contributed by atoms with Crippen molar-refractivity contribution < 1.29 is 4.42 Å². The molecular formula is C59H45BN2OSi. The highest BCUT2D eigenvalue weighted by Crippen LogP contribution is 2.52. The minimum absolute atomic E-state index is 0.0371. The summed E-state index contributed by atoms with van der Waals surface area (Å²) in [7, 11) is -2.86. The first-order valence-electron chi connectivity index (χ1n) is 22.5. The van der Waals surface area contributed by atoms with Crippen LogP contribution in [-0.2, 0) is 5.41 Å². The lowest BCUT2D eigenvalue weighted by Gasteiger charge is -2.52. The number of furan rings is 1. The Hall–Kier alpha value is -7.34. The monoisotopic (exact) mass is 836 g/mol. The summed E-state index contributed by atoms with van der Waals surface area (Å²) in [6.07, 6.45) is 0. The molecule has 0 unspecified atom stereocenters. The van der Waals surface area contributed by atoms with Crippen molar-refractivity contribution in [3.05, 3.63) is 211 Å². The van der Waals surface area contributed by atoms with Crippen LogP contribution in [0.25, 0.3) is 44.2 Å². The molecule has 0 fully saturated rings. The Morgan fingerprint density at radius 1 is 0.500 bits per heavy atom. The average molecular weight is 837 g/mol. The van der Waals surface area contributed by atoms with Crippen molar-refractivity contribution in [3.8, 4) is 22.3 Å². The van der Waals surface area contributed by atoms with Gasteiger partial charge in [0.15, 0.2) is 8.07 Å². The number of nitrogens with zero attached hydrogens (tertiary/aromatic N) is 2. The van der Waals surface area contributed by atoms with Crippen molar-refractivity contribution in [2.45, 2.75) is 33.1 Å². The second-order valence-electron chi connectivity index (χ2n) is 18.9. The lowest BCUT2D eigenvalue weighted by atomic mass is 9.43. The number of para-hydroxylation sites is 3. The highest BCUT2D eigenvalue weighted by atomic mass is 28.3. The van der Waals surface area contributed by atoms with Crippen LogP contribution in [-0.4, -0.2) is 14.9 Å². The zero-order valence-electron chi connectivity index (χ0n) is 36.4. The van der Waals surface area contributed by atoms with Gasteiger partial charge in [0.1, 0.15) is 11.2 Å². The van der Waals surface area contributed by atoms with Gasteiger partial charge in [-0.2, -0.15) is 0 Å². The number of benzene rings is 9. The Kier molecular flexibility index (Phi) is 7.90. The SMILES string of the molecule is Cc1cc2c3c(c1)N(c1ccc(C(C)(C)C)cc1-c1ccccc1)c1c(ccc4oc5ccccc5c14)B3N1c3ccccc3[Si](c3ccccc3)(c3ccccc3)c3cccc-2c31. The van der Waals surface area contributed by atoms with E-state index in [2.05, 4.69) is 238 Å². The van der Waals surface area contributed by atoms with E-state index in [1.165, 1.54) is 87.8 Å². The zero-order chi connectivity index (χ0) is 42.9. The Bertz CT molecular complexity index is 3480. The molecule has 0 radical (unpaired) electrons. The third-order valence-corrected chi connectivity index (χ3v) is 19.1. The van der Waals surface area contributed by atoms with Gasteiger partial charge < -0.3 is 14.1 Å². The largest absolute Gasteiger partial charge is 0.456 e. The molecule has 3 nitrogen and oxygen atoms in total. The van der Waals surface area contributed by atoms with Crippen molar-refractivity contribution in [1.82, 2.24) is 0 Å². The van der Waals surface area contributed by atoms with Crippen LogP contribution in [0.2, 0.25) is 0 Å². The van der Waals surface area contributed by atoms with E-state index >= 15 is 0 Å². The molecule has 64 heavy (non-hydrogen) atoms. The maximum absolute atomic E-state index is 6.79. The van der Waals surface area contributed by atoms with E-state index in [0.29, 0.717) is 0 Å². The van der Waals surface area contributed by atoms with Crippen LogP contribution in [0.15, 0.2) is 205 Å². The second kappa shape index (κ2) is 13.6. The standard InChI is InChI=1S/C59H45BN2OSi/c1-38-35-46-43-26-18-30-54-57(43)62(49-27-15-17-29-53(49)64(54,41-21-10-6-11-22-41)42-23-12-7-13-24-42)60-47-32-34-52-55(44-25-14-16-28-51(44)63-52)58(47)61(50(36-38)56(46)60)48-33-31-40(59(2,3)4)37-45(48)39-19-8-5-9-20-39/h5-37H,1-4H3. The van der Waals surface area contributed by atoms with Gasteiger partial charge in [0, 0.05) is 33.6 Å². The first-order chi connectivity index (χ1) is 31.3. The normalized spacial score (nSPS) is 14.3. The smallest absolute Gasteiger partial charge is 0.333 e. The minimum Gasteiger partial charge on any atom is -0.456 e. The van der Waals surface area contributed by atoms with Crippen LogP contribution in [0.3, 0.4) is 0 Å². The molecule has 3 aliphatic rings. The molecule has 13 rings (SSSR count). The van der Waals surface area contributed by atoms with Crippen LogP contribution >= 0.6 is 0 Å². The van der Waals surface area contributed by atoms with Crippen LogP contribution in [0.5, 0.6) is 0 Å². The fourth-order valence-electron chi connectivity index (χ4n) is 11.6. The van der Waals surface area contributed by atoms with Gasteiger partial charge in [-0.3, -0.25) is 0 Å². The van der Waals surface area contributed by atoms with Crippen LogP contribution in [0.4, 0.5) is 28.4 Å². The summed E-state index contributed by atoms with van der Waals surface area (Å²) in [5.41, 5.74) is 18.0. The predicted molar refractivity (Wildman–Crippen MR) is 273 cm³/mol. The van der Waals surface area contributed by atoms with Crippen molar-refractivity contribution >= 4 is 97.0 Å². The van der Waals surface area contributed by atoms with E-state index in [0.717, 1.165) is 27.6 Å². The highest BCUT2D eigenvalue weighted by molar-refractivity contribution is 7.22. The summed E-state index contributed by atoms with van der Waals surface area (Å²) >= 11 is 0. The zero-order valence-corrected chi connectivity index (χ0v) is 37.4. The number of fused-ring (bicyclic) bond motifs is 10. The predicted octanol–water partition coefficient (Wildman–Crippen LogP) is 11.3. The van der Waals surface area contributed by atoms with Gasteiger partial charge in [0.25, 0.3) is 0 Å². The molecule has 0 atom stereocenters.